The summed E-state index contributed by atoms with van der Waals surface area (Å²) in [5.41, 5.74) is 6.18. The first-order valence-corrected chi connectivity index (χ1v) is 7.04. The fourth-order valence-electron chi connectivity index (χ4n) is 2.22. The molecule has 1 aromatic rings. The summed E-state index contributed by atoms with van der Waals surface area (Å²) in [5, 5.41) is 3.11. The lowest BCUT2D eigenvalue weighted by Gasteiger charge is -2.30. The molecule has 0 fully saturated rings. The number of hydrogen-bond donors (Lipinski definition) is 2. The van der Waals surface area contributed by atoms with E-state index in [1.807, 2.05) is 18.2 Å². The molecule has 0 heterocycles. The second kappa shape index (κ2) is 6.71. The predicted molar refractivity (Wildman–Crippen MR) is 79.7 cm³/mol. The van der Waals surface area contributed by atoms with Gasteiger partial charge in [-0.25, -0.2) is 0 Å². The molecule has 0 saturated heterocycles. The maximum atomic E-state index is 12.1. The van der Waals surface area contributed by atoms with E-state index in [9.17, 15) is 4.79 Å². The van der Waals surface area contributed by atoms with Crippen LogP contribution in [0, 0.1) is 5.92 Å². The molecule has 1 amide bonds. The maximum Gasteiger partial charge on any atom is 0.239 e. The van der Waals surface area contributed by atoms with Crippen LogP contribution in [-0.2, 0) is 4.79 Å². The Morgan fingerprint density at radius 2 is 1.74 bits per heavy atom. The van der Waals surface area contributed by atoms with Gasteiger partial charge in [0.05, 0.1) is 11.6 Å². The molecule has 1 rings (SSSR count). The molecule has 19 heavy (non-hydrogen) atoms. The molecule has 1 unspecified atom stereocenters. The van der Waals surface area contributed by atoms with E-state index >= 15 is 0 Å². The van der Waals surface area contributed by atoms with Crippen molar-refractivity contribution in [3.05, 3.63) is 35.9 Å². The van der Waals surface area contributed by atoms with Gasteiger partial charge in [0.2, 0.25) is 5.91 Å². The van der Waals surface area contributed by atoms with Gasteiger partial charge in [0.15, 0.2) is 0 Å². The van der Waals surface area contributed by atoms with Gasteiger partial charge in [-0.1, -0.05) is 57.0 Å². The molecule has 3 heteroatoms. The van der Waals surface area contributed by atoms with E-state index in [4.69, 9.17) is 5.73 Å². The number of benzene rings is 1. The van der Waals surface area contributed by atoms with Crippen molar-refractivity contribution in [1.82, 2.24) is 5.32 Å². The summed E-state index contributed by atoms with van der Waals surface area (Å²) in [6.07, 6.45) is 2.06. The summed E-state index contributed by atoms with van der Waals surface area (Å²) < 4.78 is 0. The van der Waals surface area contributed by atoms with Crippen LogP contribution in [-0.4, -0.2) is 11.4 Å². The van der Waals surface area contributed by atoms with Gasteiger partial charge in [0, 0.05) is 0 Å². The van der Waals surface area contributed by atoms with Gasteiger partial charge in [0.25, 0.3) is 0 Å². The quantitative estimate of drug-likeness (QED) is 0.828. The number of rotatable bonds is 6. The topological polar surface area (TPSA) is 55.1 Å². The fraction of sp³-hybridized carbons (Fsp3) is 0.562. The lowest BCUT2D eigenvalue weighted by Crippen LogP contribution is -2.51. The molecule has 0 saturated carbocycles. The second-order valence-electron chi connectivity index (χ2n) is 5.66. The smallest absolute Gasteiger partial charge is 0.239 e. The third-order valence-electron chi connectivity index (χ3n) is 3.55. The molecule has 1 aromatic carbocycles. The highest BCUT2D eigenvalue weighted by molar-refractivity contribution is 5.85. The van der Waals surface area contributed by atoms with Gasteiger partial charge in [-0.3, -0.25) is 4.79 Å². The highest BCUT2D eigenvalue weighted by atomic mass is 16.2. The number of amides is 1. The van der Waals surface area contributed by atoms with Crippen molar-refractivity contribution in [2.75, 3.05) is 0 Å². The molecule has 0 aliphatic heterocycles. The Bertz CT molecular complexity index is 391. The zero-order chi connectivity index (χ0) is 14.5. The van der Waals surface area contributed by atoms with E-state index in [1.165, 1.54) is 0 Å². The van der Waals surface area contributed by atoms with Crippen LogP contribution < -0.4 is 11.1 Å². The first kappa shape index (κ1) is 15.7. The van der Waals surface area contributed by atoms with Crippen LogP contribution in [0.15, 0.2) is 30.3 Å². The molecule has 0 spiro atoms. The van der Waals surface area contributed by atoms with E-state index < -0.39 is 5.54 Å². The molecule has 0 radical (unpaired) electrons. The summed E-state index contributed by atoms with van der Waals surface area (Å²) in [4.78, 5) is 12.1. The largest absolute Gasteiger partial charge is 0.347 e. The van der Waals surface area contributed by atoms with E-state index in [1.54, 1.807) is 13.8 Å². The Morgan fingerprint density at radius 1 is 1.21 bits per heavy atom. The lowest BCUT2D eigenvalue weighted by atomic mass is 9.88. The van der Waals surface area contributed by atoms with Crippen LogP contribution in [0.3, 0.4) is 0 Å². The third-order valence-corrected chi connectivity index (χ3v) is 3.55. The Hall–Kier alpha value is -1.35. The van der Waals surface area contributed by atoms with Gasteiger partial charge in [-0.05, 0) is 25.3 Å². The Morgan fingerprint density at radius 3 is 2.16 bits per heavy atom. The Labute approximate surface area is 116 Å². The minimum Gasteiger partial charge on any atom is -0.347 e. The van der Waals surface area contributed by atoms with Gasteiger partial charge >= 0.3 is 0 Å². The van der Waals surface area contributed by atoms with Crippen LogP contribution in [0.1, 0.15) is 52.1 Å². The summed E-state index contributed by atoms with van der Waals surface area (Å²) >= 11 is 0. The van der Waals surface area contributed by atoms with Crippen LogP contribution in [0.25, 0.3) is 0 Å². The maximum absolute atomic E-state index is 12.1. The SMILES string of the molecule is CCC(CC)C(NC(=O)C(C)(C)N)c1ccccc1. The predicted octanol–water partition coefficient (Wildman–Crippen LogP) is 3.02. The molecule has 0 aliphatic carbocycles. The van der Waals surface area contributed by atoms with Gasteiger partial charge in [-0.2, -0.15) is 0 Å². The van der Waals surface area contributed by atoms with Crippen molar-refractivity contribution < 1.29 is 4.79 Å². The number of hydrogen-bond acceptors (Lipinski definition) is 2. The van der Waals surface area contributed by atoms with Crippen molar-refractivity contribution >= 4 is 5.91 Å². The molecular weight excluding hydrogens is 236 g/mol. The average molecular weight is 262 g/mol. The number of nitrogens with one attached hydrogen (secondary N) is 1. The highest BCUT2D eigenvalue weighted by Gasteiger charge is 2.28. The van der Waals surface area contributed by atoms with E-state index in [-0.39, 0.29) is 11.9 Å². The first-order valence-electron chi connectivity index (χ1n) is 7.04. The molecule has 0 aromatic heterocycles. The number of carbonyl (C=O) groups excluding carboxylic acids is 1. The average Bonchev–Trinajstić information content (AvgIpc) is 2.38. The molecule has 0 aliphatic rings. The van der Waals surface area contributed by atoms with Crippen LogP contribution >= 0.6 is 0 Å². The van der Waals surface area contributed by atoms with Gasteiger partial charge in [-0.15, -0.1) is 0 Å². The highest BCUT2D eigenvalue weighted by Crippen LogP contribution is 2.27. The Kier molecular flexibility index (Phi) is 5.55. The van der Waals surface area contributed by atoms with Crippen molar-refractivity contribution in [3.63, 3.8) is 0 Å². The summed E-state index contributed by atoms with van der Waals surface area (Å²) in [6.45, 7) is 7.78. The first-order chi connectivity index (χ1) is 8.90. The summed E-state index contributed by atoms with van der Waals surface area (Å²) in [6, 6.07) is 10.2. The number of nitrogens with two attached hydrogens (primary N) is 1. The summed E-state index contributed by atoms with van der Waals surface area (Å²) in [7, 11) is 0. The van der Waals surface area contributed by atoms with Crippen LogP contribution in [0.2, 0.25) is 0 Å². The van der Waals surface area contributed by atoms with Gasteiger partial charge in [0.1, 0.15) is 0 Å². The summed E-state index contributed by atoms with van der Waals surface area (Å²) in [5.74, 6) is 0.321. The van der Waals surface area contributed by atoms with Crippen molar-refractivity contribution in [1.29, 1.82) is 0 Å². The van der Waals surface area contributed by atoms with Crippen molar-refractivity contribution in [2.24, 2.45) is 11.7 Å². The molecule has 3 N–H and O–H groups in total. The normalized spacial score (nSPS) is 13.4. The van der Waals surface area contributed by atoms with Crippen molar-refractivity contribution in [2.45, 2.75) is 52.1 Å². The van der Waals surface area contributed by atoms with E-state index in [0.717, 1.165) is 18.4 Å². The van der Waals surface area contributed by atoms with Crippen LogP contribution in [0.5, 0.6) is 0 Å². The standard InChI is InChI=1S/C16H26N2O/c1-5-12(6-2)14(13-10-8-7-9-11-13)18-15(19)16(3,4)17/h7-12,14H,5-6,17H2,1-4H3,(H,18,19). The monoisotopic (exact) mass is 262 g/mol. The second-order valence-corrected chi connectivity index (χ2v) is 5.66. The molecular formula is C16H26N2O. The molecule has 1 atom stereocenters. The minimum atomic E-state index is -0.848. The van der Waals surface area contributed by atoms with Crippen molar-refractivity contribution in [3.8, 4) is 0 Å². The molecule has 106 valence electrons. The van der Waals surface area contributed by atoms with Gasteiger partial charge < -0.3 is 11.1 Å². The third kappa shape index (κ3) is 4.35. The molecule has 0 bridgehead atoms. The minimum absolute atomic E-state index is 0.0338. The zero-order valence-electron chi connectivity index (χ0n) is 12.4. The van der Waals surface area contributed by atoms with E-state index in [2.05, 4.69) is 31.3 Å². The van der Waals surface area contributed by atoms with Crippen LogP contribution in [0.4, 0.5) is 0 Å². The zero-order valence-corrected chi connectivity index (χ0v) is 12.4. The Balaban J connectivity index is 2.97. The molecule has 3 nitrogen and oxygen atoms in total. The lowest BCUT2D eigenvalue weighted by molar-refractivity contribution is -0.126. The number of carbonyl (C=O) groups is 1. The van der Waals surface area contributed by atoms with E-state index in [0.29, 0.717) is 5.92 Å². The fourth-order valence-corrected chi connectivity index (χ4v) is 2.22.